The second kappa shape index (κ2) is 3.14. The van der Waals surface area contributed by atoms with Crippen molar-refractivity contribution in [1.82, 2.24) is 0 Å². The SMILES string of the molecule is NC(=O)N1C(=O)[C]Cc2ccccc21. The average molecular weight is 188 g/mol. The molecule has 0 atom stereocenters. The van der Waals surface area contributed by atoms with Gasteiger partial charge in [-0.3, -0.25) is 4.79 Å². The molecule has 0 saturated carbocycles. The third kappa shape index (κ3) is 1.25. The fourth-order valence-electron chi connectivity index (χ4n) is 1.46. The van der Waals surface area contributed by atoms with Gasteiger partial charge in [-0.25, -0.2) is 9.69 Å². The van der Waals surface area contributed by atoms with Crippen molar-refractivity contribution in [3.8, 4) is 0 Å². The summed E-state index contributed by atoms with van der Waals surface area (Å²) in [4.78, 5) is 23.3. The summed E-state index contributed by atoms with van der Waals surface area (Å²) in [7, 11) is 0. The van der Waals surface area contributed by atoms with Crippen LogP contribution in [0.4, 0.5) is 10.5 Å². The van der Waals surface area contributed by atoms with E-state index in [1.807, 2.05) is 12.1 Å². The molecular weight excluding hydrogens is 180 g/mol. The molecule has 70 valence electrons. The van der Waals surface area contributed by atoms with E-state index in [1.54, 1.807) is 12.1 Å². The summed E-state index contributed by atoms with van der Waals surface area (Å²) in [6, 6.07) is 6.36. The Kier molecular flexibility index (Phi) is 1.96. The zero-order valence-corrected chi connectivity index (χ0v) is 7.36. The van der Waals surface area contributed by atoms with E-state index in [2.05, 4.69) is 6.42 Å². The number of fused-ring (bicyclic) bond motifs is 1. The highest BCUT2D eigenvalue weighted by molar-refractivity contribution is 6.18. The number of hydrogen-bond donors (Lipinski definition) is 1. The molecule has 1 heterocycles. The summed E-state index contributed by atoms with van der Waals surface area (Å²) in [5, 5.41) is 0. The Morgan fingerprint density at radius 2 is 2.14 bits per heavy atom. The van der Waals surface area contributed by atoms with E-state index >= 15 is 0 Å². The van der Waals surface area contributed by atoms with E-state index in [4.69, 9.17) is 5.73 Å². The minimum atomic E-state index is -0.769. The topological polar surface area (TPSA) is 63.4 Å². The van der Waals surface area contributed by atoms with Gasteiger partial charge in [0.2, 0.25) is 5.91 Å². The molecule has 1 aromatic carbocycles. The van der Waals surface area contributed by atoms with Crippen molar-refractivity contribution < 1.29 is 9.59 Å². The first-order valence-electron chi connectivity index (χ1n) is 4.15. The van der Waals surface area contributed by atoms with Crippen molar-refractivity contribution >= 4 is 17.6 Å². The standard InChI is InChI=1S/C10H8N2O2/c11-10(14)12-8-4-2-1-3-7(8)5-6-9(12)13/h1-4H,5H2,(H2,11,14). The number of amides is 3. The fourth-order valence-corrected chi connectivity index (χ4v) is 1.46. The number of nitrogens with zero attached hydrogens (tertiary/aromatic N) is 1. The van der Waals surface area contributed by atoms with Gasteiger partial charge in [-0.05, 0) is 18.1 Å². The van der Waals surface area contributed by atoms with Gasteiger partial charge in [-0.1, -0.05) is 18.2 Å². The lowest BCUT2D eigenvalue weighted by molar-refractivity contribution is -0.115. The molecule has 1 aliphatic heterocycles. The maximum Gasteiger partial charge on any atom is 0.326 e. The molecule has 0 fully saturated rings. The van der Waals surface area contributed by atoms with Crippen LogP contribution in [-0.2, 0) is 11.2 Å². The van der Waals surface area contributed by atoms with Gasteiger partial charge in [0.15, 0.2) is 0 Å². The van der Waals surface area contributed by atoms with Crippen LogP contribution < -0.4 is 10.6 Å². The van der Waals surface area contributed by atoms with Gasteiger partial charge < -0.3 is 5.73 Å². The molecular formula is C10H8N2O2. The predicted octanol–water partition coefficient (Wildman–Crippen LogP) is 0.736. The number of imide groups is 1. The molecule has 0 spiro atoms. The van der Waals surface area contributed by atoms with Crippen LogP contribution in [0.3, 0.4) is 0 Å². The quantitative estimate of drug-likeness (QED) is 0.652. The van der Waals surface area contributed by atoms with E-state index in [0.29, 0.717) is 12.1 Å². The average Bonchev–Trinajstić information content (AvgIpc) is 2.17. The molecule has 4 nitrogen and oxygen atoms in total. The lowest BCUT2D eigenvalue weighted by Gasteiger charge is -2.25. The van der Waals surface area contributed by atoms with Crippen molar-refractivity contribution in [3.63, 3.8) is 0 Å². The van der Waals surface area contributed by atoms with Gasteiger partial charge in [0.25, 0.3) is 0 Å². The summed E-state index contributed by atoms with van der Waals surface area (Å²) >= 11 is 0. The zero-order chi connectivity index (χ0) is 10.1. The van der Waals surface area contributed by atoms with E-state index in [-0.39, 0.29) is 0 Å². The highest BCUT2D eigenvalue weighted by Gasteiger charge is 2.27. The summed E-state index contributed by atoms with van der Waals surface area (Å²) in [6.07, 6.45) is 2.99. The minimum absolute atomic E-state index is 0.429. The van der Waals surface area contributed by atoms with Gasteiger partial charge in [-0.15, -0.1) is 0 Å². The summed E-state index contributed by atoms with van der Waals surface area (Å²) < 4.78 is 0. The molecule has 3 amide bonds. The third-order valence-corrected chi connectivity index (χ3v) is 2.09. The van der Waals surface area contributed by atoms with Crippen LogP contribution in [0.5, 0.6) is 0 Å². The first-order valence-corrected chi connectivity index (χ1v) is 4.15. The Bertz CT molecular complexity index is 401. The number of anilines is 1. The number of urea groups is 1. The monoisotopic (exact) mass is 188 g/mol. The summed E-state index contributed by atoms with van der Waals surface area (Å²) in [5.41, 5.74) is 6.54. The van der Waals surface area contributed by atoms with Crippen LogP contribution in [0.1, 0.15) is 5.56 Å². The number of carbonyl (C=O) groups excluding carboxylic acids is 2. The molecule has 1 aromatic rings. The molecule has 2 N–H and O–H groups in total. The molecule has 1 aliphatic rings. The largest absolute Gasteiger partial charge is 0.351 e. The number of benzene rings is 1. The molecule has 2 radical (unpaired) electrons. The minimum Gasteiger partial charge on any atom is -0.351 e. The maximum absolute atomic E-state index is 11.3. The van der Waals surface area contributed by atoms with Gasteiger partial charge >= 0.3 is 6.03 Å². The van der Waals surface area contributed by atoms with Crippen molar-refractivity contribution in [2.45, 2.75) is 6.42 Å². The number of rotatable bonds is 0. The van der Waals surface area contributed by atoms with Crippen LogP contribution in [0, 0.1) is 6.42 Å². The predicted molar refractivity (Wildman–Crippen MR) is 50.5 cm³/mol. The summed E-state index contributed by atoms with van der Waals surface area (Å²) in [5.74, 6) is -0.476. The van der Waals surface area contributed by atoms with E-state index in [1.165, 1.54) is 0 Å². The van der Waals surface area contributed by atoms with Gasteiger partial charge in [0.05, 0.1) is 12.1 Å². The van der Waals surface area contributed by atoms with Gasteiger partial charge in [0, 0.05) is 0 Å². The Morgan fingerprint density at radius 3 is 2.86 bits per heavy atom. The highest BCUT2D eigenvalue weighted by atomic mass is 16.2. The first-order chi connectivity index (χ1) is 6.70. The molecule has 0 aliphatic carbocycles. The maximum atomic E-state index is 11.3. The Balaban J connectivity index is 2.51. The van der Waals surface area contributed by atoms with Crippen molar-refractivity contribution in [2.75, 3.05) is 4.90 Å². The number of para-hydroxylation sites is 1. The Hall–Kier alpha value is -1.84. The van der Waals surface area contributed by atoms with Crippen LogP contribution in [-0.4, -0.2) is 11.9 Å². The second-order valence-electron chi connectivity index (χ2n) is 2.96. The molecule has 0 bridgehead atoms. The number of primary amides is 1. The molecule has 0 aromatic heterocycles. The normalized spacial score (nSPS) is 15.1. The Labute approximate surface area is 81.3 Å². The third-order valence-electron chi connectivity index (χ3n) is 2.09. The first kappa shape index (κ1) is 8.74. The van der Waals surface area contributed by atoms with Crippen molar-refractivity contribution in [2.24, 2.45) is 5.73 Å². The van der Waals surface area contributed by atoms with E-state index in [0.717, 1.165) is 10.5 Å². The van der Waals surface area contributed by atoms with Crippen LogP contribution in [0.2, 0.25) is 0 Å². The van der Waals surface area contributed by atoms with Crippen LogP contribution in [0.15, 0.2) is 24.3 Å². The van der Waals surface area contributed by atoms with Gasteiger partial charge in [-0.2, -0.15) is 0 Å². The highest BCUT2D eigenvalue weighted by Crippen LogP contribution is 2.26. The van der Waals surface area contributed by atoms with Crippen LogP contribution >= 0.6 is 0 Å². The van der Waals surface area contributed by atoms with Crippen molar-refractivity contribution in [3.05, 3.63) is 36.2 Å². The fraction of sp³-hybridized carbons (Fsp3) is 0.100. The summed E-state index contributed by atoms with van der Waals surface area (Å²) in [6.45, 7) is 0. The number of hydrogen-bond acceptors (Lipinski definition) is 2. The zero-order valence-electron chi connectivity index (χ0n) is 7.36. The smallest absolute Gasteiger partial charge is 0.326 e. The number of nitrogens with two attached hydrogens (primary N) is 1. The molecule has 4 heteroatoms. The van der Waals surface area contributed by atoms with Gasteiger partial charge in [0.1, 0.15) is 0 Å². The van der Waals surface area contributed by atoms with E-state index in [9.17, 15) is 9.59 Å². The molecule has 0 saturated heterocycles. The molecule has 0 unspecified atom stereocenters. The molecule has 14 heavy (non-hydrogen) atoms. The lowest BCUT2D eigenvalue weighted by atomic mass is 10.0. The number of carbonyl (C=O) groups is 2. The van der Waals surface area contributed by atoms with Crippen molar-refractivity contribution in [1.29, 1.82) is 0 Å². The lowest BCUT2D eigenvalue weighted by Crippen LogP contribution is -2.43. The Morgan fingerprint density at radius 1 is 1.43 bits per heavy atom. The molecule has 2 rings (SSSR count). The second-order valence-corrected chi connectivity index (χ2v) is 2.96. The van der Waals surface area contributed by atoms with E-state index < -0.39 is 11.9 Å². The van der Waals surface area contributed by atoms with Crippen LogP contribution in [0.25, 0.3) is 0 Å².